The van der Waals surface area contributed by atoms with Gasteiger partial charge in [-0.15, -0.1) is 22.7 Å². The molecule has 0 aliphatic carbocycles. The predicted octanol–water partition coefficient (Wildman–Crippen LogP) is 3.28. The zero-order valence-electron chi connectivity index (χ0n) is 7.02. The van der Waals surface area contributed by atoms with Gasteiger partial charge in [0.1, 0.15) is 10.8 Å². The Bertz CT molecular complexity index is 414. The molecule has 2 aromatic rings. The number of rotatable bonds is 2. The molecule has 0 spiro atoms. The zero-order valence-corrected chi connectivity index (χ0v) is 9.47. The summed E-state index contributed by atoms with van der Waals surface area (Å²) in [7, 11) is -0.958. The second kappa shape index (κ2) is 3.74. The van der Waals surface area contributed by atoms with Crippen LogP contribution in [0.5, 0.6) is 0 Å². The van der Waals surface area contributed by atoms with E-state index in [1.165, 1.54) is 4.88 Å². The van der Waals surface area contributed by atoms with Crippen molar-refractivity contribution >= 4 is 33.5 Å². The standard InChI is InChI=1S/C9H8OS3/c1-7-4-5-9(12-7)13(10)8-3-2-6-11-8/h2-6H,1H3. The highest BCUT2D eigenvalue weighted by molar-refractivity contribution is 7.89. The van der Waals surface area contributed by atoms with Gasteiger partial charge in [-0.2, -0.15) is 0 Å². The van der Waals surface area contributed by atoms with Crippen molar-refractivity contribution < 1.29 is 4.21 Å². The van der Waals surface area contributed by atoms with Gasteiger partial charge in [0.2, 0.25) is 0 Å². The summed E-state index contributed by atoms with van der Waals surface area (Å²) < 4.78 is 13.7. The van der Waals surface area contributed by atoms with E-state index in [0.29, 0.717) is 0 Å². The molecule has 68 valence electrons. The third-order valence-corrected chi connectivity index (χ3v) is 5.48. The maximum absolute atomic E-state index is 11.9. The fourth-order valence-electron chi connectivity index (χ4n) is 0.980. The minimum absolute atomic E-state index is 0.932. The lowest BCUT2D eigenvalue weighted by atomic mass is 10.5. The molecule has 1 unspecified atom stereocenters. The smallest absolute Gasteiger partial charge is 0.105 e. The Morgan fingerprint density at radius 3 is 2.62 bits per heavy atom. The van der Waals surface area contributed by atoms with Crippen molar-refractivity contribution in [2.24, 2.45) is 0 Å². The number of hydrogen-bond acceptors (Lipinski definition) is 3. The molecule has 0 aromatic carbocycles. The highest BCUT2D eigenvalue weighted by atomic mass is 32.2. The first-order chi connectivity index (χ1) is 6.27. The lowest BCUT2D eigenvalue weighted by Gasteiger charge is -1.92. The van der Waals surface area contributed by atoms with Crippen LogP contribution in [0.2, 0.25) is 0 Å². The van der Waals surface area contributed by atoms with Crippen LogP contribution in [0.3, 0.4) is 0 Å². The Morgan fingerprint density at radius 2 is 2.08 bits per heavy atom. The van der Waals surface area contributed by atoms with E-state index >= 15 is 0 Å². The van der Waals surface area contributed by atoms with E-state index in [1.54, 1.807) is 22.7 Å². The van der Waals surface area contributed by atoms with Crippen LogP contribution < -0.4 is 0 Å². The maximum atomic E-state index is 11.9. The Balaban J connectivity index is 2.33. The summed E-state index contributed by atoms with van der Waals surface area (Å²) in [5.74, 6) is 0. The maximum Gasteiger partial charge on any atom is 0.105 e. The van der Waals surface area contributed by atoms with Gasteiger partial charge >= 0.3 is 0 Å². The van der Waals surface area contributed by atoms with E-state index in [2.05, 4.69) is 0 Å². The van der Waals surface area contributed by atoms with Crippen LogP contribution in [-0.4, -0.2) is 4.21 Å². The van der Waals surface area contributed by atoms with Gasteiger partial charge in [-0.3, -0.25) is 0 Å². The molecule has 0 N–H and O–H groups in total. The van der Waals surface area contributed by atoms with Gasteiger partial charge < -0.3 is 0 Å². The Labute approximate surface area is 87.5 Å². The molecule has 0 bridgehead atoms. The van der Waals surface area contributed by atoms with Crippen LogP contribution in [0.25, 0.3) is 0 Å². The lowest BCUT2D eigenvalue weighted by Crippen LogP contribution is -1.83. The van der Waals surface area contributed by atoms with Crippen molar-refractivity contribution in [3.8, 4) is 0 Å². The average Bonchev–Trinajstić information content (AvgIpc) is 2.72. The van der Waals surface area contributed by atoms with Crippen molar-refractivity contribution in [2.75, 3.05) is 0 Å². The number of aryl methyl sites for hydroxylation is 1. The third-order valence-electron chi connectivity index (χ3n) is 1.58. The molecule has 2 heterocycles. The lowest BCUT2D eigenvalue weighted by molar-refractivity contribution is 0.686. The summed E-state index contributed by atoms with van der Waals surface area (Å²) in [4.78, 5) is 1.21. The second-order valence-corrected chi connectivity index (χ2v) is 6.74. The SMILES string of the molecule is Cc1ccc(S(=O)c2cccs2)s1. The van der Waals surface area contributed by atoms with Crippen LogP contribution >= 0.6 is 22.7 Å². The fourth-order valence-corrected chi connectivity index (χ4v) is 4.52. The Hall–Kier alpha value is -0.450. The normalized spacial score (nSPS) is 13.0. The molecule has 13 heavy (non-hydrogen) atoms. The first-order valence-electron chi connectivity index (χ1n) is 3.79. The molecule has 0 fully saturated rings. The van der Waals surface area contributed by atoms with Crippen molar-refractivity contribution in [1.29, 1.82) is 0 Å². The second-order valence-electron chi connectivity index (χ2n) is 2.57. The first kappa shape index (κ1) is 9.12. The fraction of sp³-hybridized carbons (Fsp3) is 0.111. The van der Waals surface area contributed by atoms with Crippen LogP contribution in [0, 0.1) is 6.92 Å². The first-order valence-corrected chi connectivity index (χ1v) is 6.63. The molecule has 0 aliphatic rings. The summed E-state index contributed by atoms with van der Waals surface area (Å²) in [6.07, 6.45) is 0. The molecule has 4 heteroatoms. The minimum Gasteiger partial charge on any atom is -0.247 e. The quantitative estimate of drug-likeness (QED) is 0.771. The van der Waals surface area contributed by atoms with Gasteiger partial charge in [0.25, 0.3) is 0 Å². The van der Waals surface area contributed by atoms with Gasteiger partial charge in [-0.25, -0.2) is 4.21 Å². The van der Waals surface area contributed by atoms with Gasteiger partial charge in [-0.1, -0.05) is 6.07 Å². The van der Waals surface area contributed by atoms with E-state index in [-0.39, 0.29) is 0 Å². The van der Waals surface area contributed by atoms with E-state index in [0.717, 1.165) is 8.42 Å². The molecular formula is C9H8OS3. The van der Waals surface area contributed by atoms with Crippen molar-refractivity contribution in [1.82, 2.24) is 0 Å². The van der Waals surface area contributed by atoms with Crippen molar-refractivity contribution in [3.05, 3.63) is 34.5 Å². The summed E-state index contributed by atoms with van der Waals surface area (Å²) in [5, 5.41) is 1.95. The van der Waals surface area contributed by atoms with Crippen molar-refractivity contribution in [2.45, 2.75) is 15.3 Å². The monoisotopic (exact) mass is 228 g/mol. The summed E-state index contributed by atoms with van der Waals surface area (Å²) >= 11 is 3.14. The third kappa shape index (κ3) is 1.90. The summed E-state index contributed by atoms with van der Waals surface area (Å²) in [6, 6.07) is 7.79. The van der Waals surface area contributed by atoms with Gasteiger partial charge in [-0.05, 0) is 30.5 Å². The van der Waals surface area contributed by atoms with Crippen LogP contribution in [0.15, 0.2) is 38.1 Å². The molecule has 0 saturated heterocycles. The van der Waals surface area contributed by atoms with Crippen LogP contribution in [-0.2, 0) is 10.8 Å². The topological polar surface area (TPSA) is 17.1 Å². The Kier molecular flexibility index (Phi) is 2.62. The van der Waals surface area contributed by atoms with Crippen molar-refractivity contribution in [3.63, 3.8) is 0 Å². The largest absolute Gasteiger partial charge is 0.247 e. The van der Waals surface area contributed by atoms with E-state index < -0.39 is 10.8 Å². The Morgan fingerprint density at radius 1 is 1.23 bits per heavy atom. The molecule has 0 aliphatic heterocycles. The molecule has 1 nitrogen and oxygen atoms in total. The van der Waals surface area contributed by atoms with E-state index in [9.17, 15) is 4.21 Å². The van der Waals surface area contributed by atoms with Crippen LogP contribution in [0.1, 0.15) is 4.88 Å². The molecule has 2 rings (SSSR count). The molecule has 2 aromatic heterocycles. The molecule has 0 saturated carbocycles. The van der Waals surface area contributed by atoms with Gasteiger partial charge in [0.05, 0.1) is 8.42 Å². The summed E-state index contributed by atoms with van der Waals surface area (Å²) in [6.45, 7) is 2.03. The number of hydrogen-bond donors (Lipinski definition) is 0. The number of thiophene rings is 2. The molecular weight excluding hydrogens is 220 g/mol. The minimum atomic E-state index is -0.958. The van der Waals surface area contributed by atoms with Gasteiger partial charge in [0, 0.05) is 4.88 Å². The highest BCUT2D eigenvalue weighted by Crippen LogP contribution is 2.26. The van der Waals surface area contributed by atoms with E-state index in [4.69, 9.17) is 0 Å². The highest BCUT2D eigenvalue weighted by Gasteiger charge is 2.09. The zero-order chi connectivity index (χ0) is 9.26. The summed E-state index contributed by atoms with van der Waals surface area (Å²) in [5.41, 5.74) is 0. The molecule has 0 radical (unpaired) electrons. The molecule has 0 amide bonds. The van der Waals surface area contributed by atoms with Gasteiger partial charge in [0.15, 0.2) is 0 Å². The average molecular weight is 228 g/mol. The van der Waals surface area contributed by atoms with E-state index in [1.807, 2.05) is 36.6 Å². The van der Waals surface area contributed by atoms with Crippen LogP contribution in [0.4, 0.5) is 0 Å². The molecule has 1 atom stereocenters. The predicted molar refractivity (Wildman–Crippen MR) is 58.0 cm³/mol.